The van der Waals surface area contributed by atoms with Crippen LogP contribution in [-0.2, 0) is 19.7 Å². The Hall–Kier alpha value is -5.40. The van der Waals surface area contributed by atoms with E-state index in [0.29, 0.717) is 43.8 Å². The van der Waals surface area contributed by atoms with E-state index in [-0.39, 0.29) is 42.5 Å². The summed E-state index contributed by atoms with van der Waals surface area (Å²) < 4.78 is 78.9. The van der Waals surface area contributed by atoms with Crippen LogP contribution >= 0.6 is 23.2 Å². The number of halogens is 2. The van der Waals surface area contributed by atoms with Crippen molar-refractivity contribution in [2.75, 3.05) is 14.2 Å². The van der Waals surface area contributed by atoms with Gasteiger partial charge in [0.1, 0.15) is 32.7 Å². The van der Waals surface area contributed by atoms with E-state index < -0.39 is 19.7 Å². The van der Waals surface area contributed by atoms with Gasteiger partial charge < -0.3 is 18.5 Å². The van der Waals surface area contributed by atoms with E-state index in [0.717, 1.165) is 0 Å². The van der Waals surface area contributed by atoms with Crippen molar-refractivity contribution in [3.05, 3.63) is 131 Å². The molecule has 10 nitrogen and oxygen atoms in total. The summed E-state index contributed by atoms with van der Waals surface area (Å²) in [4.78, 5) is -0.365. The summed E-state index contributed by atoms with van der Waals surface area (Å²) in [5, 5.41) is 9.13. The number of hydrogen-bond donors (Lipinski definition) is 0. The maximum atomic E-state index is 14.2. The van der Waals surface area contributed by atoms with Crippen molar-refractivity contribution in [2.24, 2.45) is 0 Å². The summed E-state index contributed by atoms with van der Waals surface area (Å²) in [7, 11) is -5.37. The third kappa shape index (κ3) is 6.46. The molecule has 0 bridgehead atoms. The van der Waals surface area contributed by atoms with E-state index >= 15 is 0 Å². The summed E-state index contributed by atoms with van der Waals surface area (Å²) in [6.07, 6.45) is 0. The van der Waals surface area contributed by atoms with E-state index in [4.69, 9.17) is 41.7 Å². The lowest BCUT2D eigenvalue weighted by molar-refractivity contribution is 0.414. The molecule has 5 aromatic carbocycles. The number of sulfone groups is 2. The number of methoxy groups -OCH3 is 2. The van der Waals surface area contributed by atoms with Gasteiger partial charge in [-0.3, -0.25) is 0 Å². The first-order valence-electron chi connectivity index (χ1n) is 15.4. The van der Waals surface area contributed by atoms with Crippen LogP contribution in [0.1, 0.15) is 0 Å². The van der Waals surface area contributed by atoms with Crippen LogP contribution in [0.15, 0.2) is 150 Å². The van der Waals surface area contributed by atoms with Crippen LogP contribution in [0.2, 0.25) is 10.0 Å². The molecule has 7 aromatic rings. The predicted octanol–water partition coefficient (Wildman–Crippen LogP) is 9.32. The number of ether oxygens (including phenoxy) is 2. The second-order valence-corrected chi connectivity index (χ2v) is 16.0. The lowest BCUT2D eigenvalue weighted by Gasteiger charge is -2.09. The number of hydrogen-bond acceptors (Lipinski definition) is 10. The van der Waals surface area contributed by atoms with Gasteiger partial charge in [-0.1, -0.05) is 57.8 Å². The molecule has 14 heteroatoms. The van der Waals surface area contributed by atoms with Gasteiger partial charge in [-0.25, -0.2) is 16.8 Å². The number of benzene rings is 5. The van der Waals surface area contributed by atoms with Crippen LogP contribution in [0.5, 0.6) is 11.5 Å². The van der Waals surface area contributed by atoms with Gasteiger partial charge in [-0.05, 0) is 97.1 Å². The lowest BCUT2D eigenvalue weighted by Crippen LogP contribution is -2.05. The molecule has 0 N–H and O–H groups in total. The fourth-order valence-corrected chi connectivity index (χ4v) is 8.86. The average molecular weight is 774 g/mol. The van der Waals surface area contributed by atoms with E-state index in [2.05, 4.69) is 10.3 Å². The van der Waals surface area contributed by atoms with Crippen LogP contribution in [-0.4, -0.2) is 41.4 Å². The highest BCUT2D eigenvalue weighted by Gasteiger charge is 2.34. The zero-order valence-corrected chi connectivity index (χ0v) is 30.4. The Labute approximate surface area is 309 Å². The Morgan fingerprint density at radius 1 is 0.462 bits per heavy atom. The Bertz CT molecular complexity index is 2420. The third-order valence-electron chi connectivity index (χ3n) is 8.22. The van der Waals surface area contributed by atoms with Crippen LogP contribution < -0.4 is 9.47 Å². The van der Waals surface area contributed by atoms with Crippen molar-refractivity contribution in [1.82, 2.24) is 10.3 Å². The molecule has 0 spiro atoms. The van der Waals surface area contributed by atoms with Crippen molar-refractivity contribution in [2.45, 2.75) is 19.6 Å². The number of rotatable bonds is 10. The smallest absolute Gasteiger partial charge is 0.212 e. The summed E-state index contributed by atoms with van der Waals surface area (Å²) in [6, 6.07) is 31.3. The normalized spacial score (nSPS) is 11.8. The highest BCUT2D eigenvalue weighted by molar-refractivity contribution is 7.92. The fourth-order valence-electron chi connectivity index (χ4n) is 5.53. The number of nitrogens with zero attached hydrogens (tertiary/aromatic N) is 2. The van der Waals surface area contributed by atoms with Gasteiger partial charge in [0.05, 0.1) is 24.0 Å². The van der Waals surface area contributed by atoms with Gasteiger partial charge in [-0.2, -0.15) is 0 Å². The van der Waals surface area contributed by atoms with Gasteiger partial charge >= 0.3 is 0 Å². The maximum absolute atomic E-state index is 14.2. The van der Waals surface area contributed by atoms with Gasteiger partial charge in [-0.15, -0.1) is 0 Å². The second kappa shape index (κ2) is 14.0. The minimum atomic E-state index is -4.21. The van der Waals surface area contributed by atoms with Gasteiger partial charge in [0.15, 0.2) is 11.5 Å². The predicted molar refractivity (Wildman–Crippen MR) is 195 cm³/mol. The summed E-state index contributed by atoms with van der Waals surface area (Å²) in [5.41, 5.74) is 1.83. The summed E-state index contributed by atoms with van der Waals surface area (Å²) >= 11 is 12.1. The molecule has 0 unspecified atom stereocenters. The Morgan fingerprint density at radius 2 is 0.769 bits per heavy atom. The van der Waals surface area contributed by atoms with Gasteiger partial charge in [0.2, 0.25) is 19.7 Å². The Balaban J connectivity index is 1.36. The van der Waals surface area contributed by atoms with E-state index in [1.165, 1.54) is 62.8 Å². The quantitative estimate of drug-likeness (QED) is 0.132. The lowest BCUT2D eigenvalue weighted by atomic mass is 10.1. The molecule has 2 aromatic heterocycles. The Morgan fingerprint density at radius 3 is 1.08 bits per heavy atom. The van der Waals surface area contributed by atoms with Crippen molar-refractivity contribution in [3.8, 4) is 56.7 Å². The zero-order chi connectivity index (χ0) is 36.6. The second-order valence-electron chi connectivity index (χ2n) is 11.3. The largest absolute Gasteiger partial charge is 0.497 e. The molecule has 0 aliphatic heterocycles. The van der Waals surface area contributed by atoms with Gasteiger partial charge in [0, 0.05) is 32.3 Å². The summed E-state index contributed by atoms with van der Waals surface area (Å²) in [6.45, 7) is 0. The first kappa shape index (κ1) is 35.0. The number of aromatic nitrogens is 2. The monoisotopic (exact) mass is 772 g/mol. The van der Waals surface area contributed by atoms with Crippen LogP contribution in [0.3, 0.4) is 0 Å². The molecule has 0 atom stereocenters. The molecule has 0 aliphatic carbocycles. The first-order chi connectivity index (χ1) is 25.0. The summed E-state index contributed by atoms with van der Waals surface area (Å²) in [5.74, 6) is 1.09. The highest BCUT2D eigenvalue weighted by atomic mass is 35.5. The van der Waals surface area contributed by atoms with Crippen LogP contribution in [0.4, 0.5) is 0 Å². The van der Waals surface area contributed by atoms with Crippen LogP contribution in [0.25, 0.3) is 45.2 Å². The molecular formula is C38H26Cl2N2O8S2. The SMILES string of the molecule is COc1ccc(-c2noc(-c3ccc(-c4onc(-c5ccc(OC)cc5)c4S(=O)(=O)c4ccc(Cl)cc4)cc3)c2S(=O)(=O)c2ccc(Cl)cc2)cc1. The molecule has 7 rings (SSSR count). The minimum Gasteiger partial charge on any atom is -0.497 e. The minimum absolute atomic E-state index is 0.0162. The van der Waals surface area contributed by atoms with E-state index in [9.17, 15) is 16.8 Å². The van der Waals surface area contributed by atoms with Crippen molar-refractivity contribution in [3.63, 3.8) is 0 Å². The molecule has 0 saturated carbocycles. The molecule has 262 valence electrons. The first-order valence-corrected chi connectivity index (χ1v) is 19.1. The molecule has 0 fully saturated rings. The van der Waals surface area contributed by atoms with Gasteiger partial charge in [0.25, 0.3) is 0 Å². The van der Waals surface area contributed by atoms with Crippen molar-refractivity contribution >= 4 is 42.9 Å². The molecule has 52 heavy (non-hydrogen) atoms. The molecule has 2 heterocycles. The molecular weight excluding hydrogens is 747 g/mol. The topological polar surface area (TPSA) is 139 Å². The molecule has 0 radical (unpaired) electrons. The Kier molecular flexibility index (Phi) is 9.40. The average Bonchev–Trinajstić information content (AvgIpc) is 3.82. The van der Waals surface area contributed by atoms with Crippen molar-refractivity contribution in [1.29, 1.82) is 0 Å². The molecule has 0 amide bonds. The van der Waals surface area contributed by atoms with E-state index in [1.54, 1.807) is 72.8 Å². The van der Waals surface area contributed by atoms with E-state index in [1.807, 2.05) is 0 Å². The fraction of sp³-hybridized carbons (Fsp3) is 0.0526. The standard InChI is InChI=1S/C38H26Cl2N2O8S2/c1-47-29-15-7-23(8-16-29)33-37(51(43,44)31-19-11-27(39)12-20-31)35(49-41-33)25-3-5-26(6-4-25)36-38(52(45,46)32-21-13-28(40)14-22-32)34(42-50-36)24-9-17-30(48-2)18-10-24/h3-22H,1-2H3. The molecule has 0 saturated heterocycles. The third-order valence-corrected chi connectivity index (χ3v) is 12.3. The highest BCUT2D eigenvalue weighted by Crippen LogP contribution is 2.42. The van der Waals surface area contributed by atoms with Crippen LogP contribution in [0, 0.1) is 0 Å². The molecule has 0 aliphatic rings. The zero-order valence-electron chi connectivity index (χ0n) is 27.3. The van der Waals surface area contributed by atoms with Crippen molar-refractivity contribution < 1.29 is 35.4 Å². The maximum Gasteiger partial charge on any atom is 0.212 e.